The van der Waals surface area contributed by atoms with Crippen molar-refractivity contribution in [2.45, 2.75) is 25.6 Å². The number of aromatic nitrogens is 1. The Morgan fingerprint density at radius 3 is 2.63 bits per heavy atom. The molecule has 0 atom stereocenters. The van der Waals surface area contributed by atoms with Crippen LogP contribution in [0.15, 0.2) is 40.7 Å². The lowest BCUT2D eigenvalue weighted by atomic mass is 10.2. The van der Waals surface area contributed by atoms with Crippen LogP contribution in [0.25, 0.3) is 0 Å². The fraction of sp³-hybridized carbons (Fsp3) is 0.444. The van der Waals surface area contributed by atoms with E-state index in [0.717, 1.165) is 29.6 Å². The van der Waals surface area contributed by atoms with Crippen molar-refractivity contribution in [1.82, 2.24) is 15.6 Å². The van der Waals surface area contributed by atoms with Crippen molar-refractivity contribution in [1.29, 1.82) is 0 Å². The Hall–Kier alpha value is -2.13. The second-order valence-electron chi connectivity index (χ2n) is 5.68. The summed E-state index contributed by atoms with van der Waals surface area (Å²) in [7, 11) is 1.61. The maximum absolute atomic E-state index is 12.5. The number of hydrogen-bond donors (Lipinski definition) is 2. The molecule has 0 spiro atoms. The van der Waals surface area contributed by atoms with Gasteiger partial charge in [0.1, 0.15) is 5.01 Å². The van der Waals surface area contributed by atoms with Crippen LogP contribution in [0, 0.1) is 0 Å². The summed E-state index contributed by atoms with van der Waals surface area (Å²) in [5.41, 5.74) is 0.385. The van der Waals surface area contributed by atoms with Gasteiger partial charge in [0, 0.05) is 25.6 Å². The number of halogens is 3. The summed E-state index contributed by atoms with van der Waals surface area (Å²) >= 11 is 0.968. The number of guanidine groups is 1. The van der Waals surface area contributed by atoms with Gasteiger partial charge in [-0.25, -0.2) is 4.98 Å². The van der Waals surface area contributed by atoms with E-state index in [-0.39, 0.29) is 6.54 Å². The summed E-state index contributed by atoms with van der Waals surface area (Å²) in [5, 5.41) is 7.42. The third-order valence-electron chi connectivity index (χ3n) is 3.61. The van der Waals surface area contributed by atoms with E-state index in [4.69, 9.17) is 4.74 Å². The Kier molecular flexibility index (Phi) is 8.53. The van der Waals surface area contributed by atoms with Crippen molar-refractivity contribution in [2.24, 2.45) is 4.99 Å². The second kappa shape index (κ2) is 10.9. The minimum Gasteiger partial charge on any atom is -0.381 e. The molecule has 2 N–H and O–H groups in total. The van der Waals surface area contributed by atoms with Crippen molar-refractivity contribution >= 4 is 17.3 Å². The first kappa shape index (κ1) is 21.2. The maximum Gasteiger partial charge on any atom is 0.434 e. The first-order chi connectivity index (χ1) is 13.0. The molecule has 1 heterocycles. The quantitative estimate of drug-likeness (QED) is 0.384. The molecule has 0 aliphatic carbocycles. The van der Waals surface area contributed by atoms with Crippen molar-refractivity contribution in [3.63, 3.8) is 0 Å². The molecule has 0 aliphatic heterocycles. The third kappa shape index (κ3) is 7.96. The number of alkyl halides is 3. The Bertz CT molecular complexity index is 704. The highest BCUT2D eigenvalue weighted by atomic mass is 32.1. The van der Waals surface area contributed by atoms with E-state index in [9.17, 15) is 13.2 Å². The van der Waals surface area contributed by atoms with Gasteiger partial charge in [-0.05, 0) is 18.4 Å². The average Bonchev–Trinajstić information content (AvgIpc) is 3.14. The van der Waals surface area contributed by atoms with E-state index in [0.29, 0.717) is 30.7 Å². The molecule has 0 amide bonds. The molecule has 0 unspecified atom stereocenters. The van der Waals surface area contributed by atoms with Crippen molar-refractivity contribution in [3.05, 3.63) is 52.0 Å². The smallest absolute Gasteiger partial charge is 0.381 e. The van der Waals surface area contributed by atoms with E-state index in [1.165, 1.54) is 5.56 Å². The van der Waals surface area contributed by atoms with E-state index < -0.39 is 11.9 Å². The standard InChI is InChI=1S/C18H23F3N4OS/c1-22-17(24-12-16-25-15(13-27-16)18(19,20)21)23-9-5-10-26-11-8-14-6-3-2-4-7-14/h2-4,6-7,13H,5,8-12H2,1H3,(H2,22,23,24). The van der Waals surface area contributed by atoms with Crippen LogP contribution in [0.4, 0.5) is 13.2 Å². The van der Waals surface area contributed by atoms with E-state index in [1.807, 2.05) is 18.2 Å². The largest absolute Gasteiger partial charge is 0.434 e. The monoisotopic (exact) mass is 400 g/mol. The van der Waals surface area contributed by atoms with Gasteiger partial charge in [-0.15, -0.1) is 11.3 Å². The van der Waals surface area contributed by atoms with Crippen LogP contribution < -0.4 is 10.6 Å². The summed E-state index contributed by atoms with van der Waals surface area (Å²) in [6, 6.07) is 10.1. The third-order valence-corrected chi connectivity index (χ3v) is 4.46. The van der Waals surface area contributed by atoms with Gasteiger partial charge in [-0.2, -0.15) is 13.2 Å². The highest BCUT2D eigenvalue weighted by Gasteiger charge is 2.33. The molecule has 5 nitrogen and oxygen atoms in total. The van der Waals surface area contributed by atoms with Gasteiger partial charge < -0.3 is 15.4 Å². The molecule has 1 aromatic heterocycles. The van der Waals surface area contributed by atoms with Gasteiger partial charge in [-0.3, -0.25) is 4.99 Å². The summed E-state index contributed by atoms with van der Waals surface area (Å²) < 4.78 is 43.2. The van der Waals surface area contributed by atoms with Gasteiger partial charge in [0.05, 0.1) is 13.2 Å². The molecule has 148 valence electrons. The summed E-state index contributed by atoms with van der Waals surface area (Å²) in [4.78, 5) is 7.61. The Morgan fingerprint density at radius 1 is 1.19 bits per heavy atom. The zero-order chi connectivity index (χ0) is 19.5. The van der Waals surface area contributed by atoms with E-state index in [1.54, 1.807) is 7.05 Å². The van der Waals surface area contributed by atoms with Crippen LogP contribution in [0.1, 0.15) is 22.7 Å². The first-order valence-corrected chi connectivity index (χ1v) is 9.45. The fourth-order valence-corrected chi connectivity index (χ4v) is 2.96. The molecule has 0 saturated heterocycles. The zero-order valence-corrected chi connectivity index (χ0v) is 15.9. The topological polar surface area (TPSA) is 58.5 Å². The number of benzene rings is 1. The minimum atomic E-state index is -4.41. The van der Waals surface area contributed by atoms with Crippen LogP contribution in [0.5, 0.6) is 0 Å². The van der Waals surface area contributed by atoms with Crippen LogP contribution >= 0.6 is 11.3 Å². The highest BCUT2D eigenvalue weighted by molar-refractivity contribution is 7.09. The lowest BCUT2D eigenvalue weighted by Gasteiger charge is -2.11. The van der Waals surface area contributed by atoms with Gasteiger partial charge in [0.25, 0.3) is 0 Å². The molecule has 0 bridgehead atoms. The lowest BCUT2D eigenvalue weighted by Crippen LogP contribution is -2.37. The average molecular weight is 400 g/mol. The number of hydrogen-bond acceptors (Lipinski definition) is 4. The van der Waals surface area contributed by atoms with Gasteiger partial charge in [0.15, 0.2) is 11.7 Å². The SMILES string of the molecule is CN=C(NCCCOCCc1ccccc1)NCc1nc(C(F)(F)F)cs1. The highest BCUT2D eigenvalue weighted by Crippen LogP contribution is 2.29. The number of nitrogens with one attached hydrogen (secondary N) is 2. The number of thiazole rings is 1. The van der Waals surface area contributed by atoms with Crippen molar-refractivity contribution < 1.29 is 17.9 Å². The molecule has 0 aliphatic rings. The molecule has 0 saturated carbocycles. The van der Waals surface area contributed by atoms with Crippen LogP contribution in [0.3, 0.4) is 0 Å². The summed E-state index contributed by atoms with van der Waals surface area (Å²) in [5.74, 6) is 0.517. The molecule has 0 fully saturated rings. The maximum atomic E-state index is 12.5. The predicted octanol–water partition coefficient (Wildman–Crippen LogP) is 3.48. The van der Waals surface area contributed by atoms with Crippen LogP contribution in [-0.4, -0.2) is 37.7 Å². The number of aliphatic imine (C=N–C) groups is 1. The van der Waals surface area contributed by atoms with Crippen molar-refractivity contribution in [3.8, 4) is 0 Å². The van der Waals surface area contributed by atoms with E-state index >= 15 is 0 Å². The Balaban J connectivity index is 1.57. The second-order valence-corrected chi connectivity index (χ2v) is 6.62. The lowest BCUT2D eigenvalue weighted by molar-refractivity contribution is -0.140. The minimum absolute atomic E-state index is 0.188. The van der Waals surface area contributed by atoms with E-state index in [2.05, 4.69) is 32.7 Å². The zero-order valence-electron chi connectivity index (χ0n) is 15.1. The predicted molar refractivity (Wildman–Crippen MR) is 101 cm³/mol. The first-order valence-electron chi connectivity index (χ1n) is 8.57. The summed E-state index contributed by atoms with van der Waals surface area (Å²) in [6.45, 7) is 2.13. The molecule has 1 aromatic carbocycles. The molecule has 27 heavy (non-hydrogen) atoms. The Labute approximate surface area is 160 Å². The van der Waals surface area contributed by atoms with Crippen LogP contribution in [0.2, 0.25) is 0 Å². The summed E-state index contributed by atoms with van der Waals surface area (Å²) in [6.07, 6.45) is -2.73. The molecule has 9 heteroatoms. The van der Waals surface area contributed by atoms with Gasteiger partial charge in [0.2, 0.25) is 0 Å². The molecule has 2 rings (SSSR count). The van der Waals surface area contributed by atoms with Crippen LogP contribution in [-0.2, 0) is 23.9 Å². The van der Waals surface area contributed by atoms with Crippen molar-refractivity contribution in [2.75, 3.05) is 26.8 Å². The number of ether oxygens (including phenoxy) is 1. The molecule has 2 aromatic rings. The van der Waals surface area contributed by atoms with Gasteiger partial charge in [-0.1, -0.05) is 30.3 Å². The number of nitrogens with zero attached hydrogens (tertiary/aromatic N) is 2. The molecular formula is C18H23F3N4OS. The normalized spacial score (nSPS) is 12.2. The number of rotatable bonds is 9. The molecular weight excluding hydrogens is 377 g/mol. The van der Waals surface area contributed by atoms with Gasteiger partial charge >= 0.3 is 6.18 Å². The molecule has 0 radical (unpaired) electrons. The fourth-order valence-electron chi connectivity index (χ4n) is 2.22. The Morgan fingerprint density at radius 2 is 1.96 bits per heavy atom.